The number of piperazine rings is 1. The molecule has 152 valence electrons. The van der Waals surface area contributed by atoms with E-state index in [2.05, 4.69) is 10.6 Å². The third-order valence-electron chi connectivity index (χ3n) is 4.11. The quantitative estimate of drug-likeness (QED) is 0.581. The first-order valence-corrected chi connectivity index (χ1v) is 10.4. The van der Waals surface area contributed by atoms with E-state index in [1.165, 1.54) is 21.3 Å². The molecule has 1 aliphatic heterocycles. The Labute approximate surface area is 164 Å². The molecule has 1 fully saturated rings. The van der Waals surface area contributed by atoms with Crippen molar-refractivity contribution in [3.8, 4) is 0 Å². The molecule has 2 N–H and O–H groups in total. The Kier molecular flexibility index (Phi) is 7.70. The molecule has 0 aliphatic carbocycles. The standard InChI is InChI=1S/C18H24N4O5S/c1-2-19-17(24)14-20-16(23)8-9-18(25)21-10-12-22(13-11-21)28(26,27)15-6-4-3-5-7-15/h3-9H,2,10-14H2,1H3,(H,19,24)(H,20,23)/b9-8+. The second kappa shape index (κ2) is 10.00. The Hall–Kier alpha value is -2.72. The number of nitrogens with one attached hydrogen (secondary N) is 2. The highest BCUT2D eigenvalue weighted by atomic mass is 32.2. The molecule has 2 rings (SSSR count). The summed E-state index contributed by atoms with van der Waals surface area (Å²) in [6.07, 6.45) is 2.18. The van der Waals surface area contributed by atoms with Crippen molar-refractivity contribution < 1.29 is 22.8 Å². The Morgan fingerprint density at radius 1 is 1.00 bits per heavy atom. The summed E-state index contributed by atoms with van der Waals surface area (Å²) < 4.78 is 26.5. The molecule has 0 spiro atoms. The minimum Gasteiger partial charge on any atom is -0.355 e. The van der Waals surface area contributed by atoms with Crippen LogP contribution in [0.25, 0.3) is 0 Å². The fraction of sp³-hybridized carbons (Fsp3) is 0.389. The van der Waals surface area contributed by atoms with Gasteiger partial charge < -0.3 is 15.5 Å². The van der Waals surface area contributed by atoms with Gasteiger partial charge in [0.25, 0.3) is 0 Å². The molecule has 1 aromatic carbocycles. The number of benzene rings is 1. The van der Waals surface area contributed by atoms with Crippen LogP contribution in [0, 0.1) is 0 Å². The number of nitrogens with zero attached hydrogens (tertiary/aromatic N) is 2. The SMILES string of the molecule is CCNC(=O)CNC(=O)/C=C/C(=O)N1CCN(S(=O)(=O)c2ccccc2)CC1. The van der Waals surface area contributed by atoms with Gasteiger partial charge in [0, 0.05) is 44.9 Å². The Balaban J connectivity index is 1.83. The maximum absolute atomic E-state index is 12.6. The molecule has 10 heteroatoms. The third-order valence-corrected chi connectivity index (χ3v) is 6.02. The van der Waals surface area contributed by atoms with E-state index < -0.39 is 15.9 Å². The monoisotopic (exact) mass is 408 g/mol. The maximum Gasteiger partial charge on any atom is 0.246 e. The van der Waals surface area contributed by atoms with Gasteiger partial charge in [0.1, 0.15) is 0 Å². The number of hydrogen-bond acceptors (Lipinski definition) is 5. The van der Waals surface area contributed by atoms with Crippen molar-refractivity contribution >= 4 is 27.7 Å². The minimum absolute atomic E-state index is 0.165. The summed E-state index contributed by atoms with van der Waals surface area (Å²) in [5, 5.41) is 4.91. The van der Waals surface area contributed by atoms with E-state index in [9.17, 15) is 22.8 Å². The highest BCUT2D eigenvalue weighted by Crippen LogP contribution is 2.17. The van der Waals surface area contributed by atoms with Gasteiger partial charge in [-0.1, -0.05) is 18.2 Å². The molecule has 0 atom stereocenters. The number of amides is 3. The first kappa shape index (κ1) is 21.6. The normalized spacial score (nSPS) is 15.4. The number of hydrogen-bond donors (Lipinski definition) is 2. The second-order valence-electron chi connectivity index (χ2n) is 6.05. The molecule has 0 radical (unpaired) electrons. The zero-order valence-corrected chi connectivity index (χ0v) is 16.4. The molecule has 1 saturated heterocycles. The van der Waals surface area contributed by atoms with Crippen LogP contribution in [0.5, 0.6) is 0 Å². The predicted octanol–water partition coefficient (Wildman–Crippen LogP) is -0.672. The van der Waals surface area contributed by atoms with Crippen molar-refractivity contribution in [3.63, 3.8) is 0 Å². The fourth-order valence-corrected chi connectivity index (χ4v) is 4.07. The molecule has 1 heterocycles. The van der Waals surface area contributed by atoms with Crippen LogP contribution in [0.1, 0.15) is 6.92 Å². The van der Waals surface area contributed by atoms with E-state index >= 15 is 0 Å². The molecule has 9 nitrogen and oxygen atoms in total. The highest BCUT2D eigenvalue weighted by Gasteiger charge is 2.29. The second-order valence-corrected chi connectivity index (χ2v) is 7.99. The van der Waals surface area contributed by atoms with Crippen LogP contribution in [0.3, 0.4) is 0 Å². The summed E-state index contributed by atoms with van der Waals surface area (Å²) in [6, 6.07) is 8.14. The lowest BCUT2D eigenvalue weighted by molar-refractivity contribution is -0.127. The first-order valence-electron chi connectivity index (χ1n) is 8.91. The van der Waals surface area contributed by atoms with Gasteiger partial charge in [-0.2, -0.15) is 4.31 Å². The zero-order chi connectivity index (χ0) is 20.6. The lowest BCUT2D eigenvalue weighted by Gasteiger charge is -2.33. The van der Waals surface area contributed by atoms with E-state index in [1.807, 2.05) is 0 Å². The van der Waals surface area contributed by atoms with Crippen LogP contribution in [0.15, 0.2) is 47.4 Å². The van der Waals surface area contributed by atoms with E-state index in [0.29, 0.717) is 6.54 Å². The Morgan fingerprint density at radius 3 is 2.25 bits per heavy atom. The predicted molar refractivity (Wildman–Crippen MR) is 103 cm³/mol. The topological polar surface area (TPSA) is 116 Å². The number of likely N-dealkylation sites (N-methyl/N-ethyl adjacent to an activating group) is 1. The molecular weight excluding hydrogens is 384 g/mol. The van der Waals surface area contributed by atoms with E-state index in [-0.39, 0.29) is 49.4 Å². The maximum atomic E-state index is 12.6. The molecule has 0 unspecified atom stereocenters. The molecule has 1 aromatic rings. The van der Waals surface area contributed by atoms with Crippen molar-refractivity contribution in [2.24, 2.45) is 0 Å². The molecule has 28 heavy (non-hydrogen) atoms. The van der Waals surface area contributed by atoms with Crippen molar-refractivity contribution in [2.75, 3.05) is 39.3 Å². The van der Waals surface area contributed by atoms with Crippen LogP contribution in [0.4, 0.5) is 0 Å². The summed E-state index contributed by atoms with van der Waals surface area (Å²) in [5.74, 6) is -1.25. The van der Waals surface area contributed by atoms with E-state index in [4.69, 9.17) is 0 Å². The average molecular weight is 408 g/mol. The van der Waals surface area contributed by atoms with Crippen LogP contribution in [-0.2, 0) is 24.4 Å². The van der Waals surface area contributed by atoms with Crippen molar-refractivity contribution in [2.45, 2.75) is 11.8 Å². The molecule has 0 aromatic heterocycles. The lowest BCUT2D eigenvalue weighted by atomic mass is 10.3. The van der Waals surface area contributed by atoms with Gasteiger partial charge in [-0.25, -0.2) is 8.42 Å². The van der Waals surface area contributed by atoms with Gasteiger partial charge in [0.15, 0.2) is 0 Å². The van der Waals surface area contributed by atoms with Crippen LogP contribution < -0.4 is 10.6 Å². The Bertz CT molecular complexity index is 831. The van der Waals surface area contributed by atoms with Crippen LogP contribution in [0.2, 0.25) is 0 Å². The summed E-state index contributed by atoms with van der Waals surface area (Å²) >= 11 is 0. The van der Waals surface area contributed by atoms with Gasteiger partial charge in [-0.3, -0.25) is 14.4 Å². The third kappa shape index (κ3) is 5.89. The van der Waals surface area contributed by atoms with Gasteiger partial charge >= 0.3 is 0 Å². The molecule has 0 bridgehead atoms. The smallest absolute Gasteiger partial charge is 0.246 e. The van der Waals surface area contributed by atoms with E-state index in [0.717, 1.165) is 12.2 Å². The molecule has 0 saturated carbocycles. The minimum atomic E-state index is -3.58. The summed E-state index contributed by atoms with van der Waals surface area (Å²) in [7, 11) is -3.58. The van der Waals surface area contributed by atoms with Gasteiger partial charge in [0.2, 0.25) is 27.7 Å². The van der Waals surface area contributed by atoms with Gasteiger partial charge in [-0.05, 0) is 19.1 Å². The van der Waals surface area contributed by atoms with Crippen molar-refractivity contribution in [1.82, 2.24) is 19.8 Å². The number of carbonyl (C=O) groups is 3. The first-order chi connectivity index (χ1) is 13.3. The fourth-order valence-electron chi connectivity index (χ4n) is 2.63. The van der Waals surface area contributed by atoms with Gasteiger partial charge in [0.05, 0.1) is 11.4 Å². The van der Waals surface area contributed by atoms with Crippen molar-refractivity contribution in [1.29, 1.82) is 0 Å². The molecular formula is C18H24N4O5S. The summed E-state index contributed by atoms with van der Waals surface area (Å²) in [4.78, 5) is 36.8. The average Bonchev–Trinajstić information content (AvgIpc) is 2.71. The van der Waals surface area contributed by atoms with E-state index in [1.54, 1.807) is 25.1 Å². The lowest BCUT2D eigenvalue weighted by Crippen LogP contribution is -2.50. The number of rotatable bonds is 7. The van der Waals surface area contributed by atoms with Gasteiger partial charge in [-0.15, -0.1) is 0 Å². The van der Waals surface area contributed by atoms with Crippen LogP contribution >= 0.6 is 0 Å². The summed E-state index contributed by atoms with van der Waals surface area (Å²) in [5.41, 5.74) is 0. The van der Waals surface area contributed by atoms with Crippen LogP contribution in [-0.4, -0.2) is 74.6 Å². The van der Waals surface area contributed by atoms with Crippen molar-refractivity contribution in [3.05, 3.63) is 42.5 Å². The molecule has 3 amide bonds. The Morgan fingerprint density at radius 2 is 1.64 bits per heavy atom. The number of sulfonamides is 1. The largest absolute Gasteiger partial charge is 0.355 e. The zero-order valence-electron chi connectivity index (χ0n) is 15.6. The summed E-state index contributed by atoms with van der Waals surface area (Å²) in [6.45, 7) is 2.89. The molecule has 1 aliphatic rings. The highest BCUT2D eigenvalue weighted by molar-refractivity contribution is 7.89. The number of carbonyl (C=O) groups excluding carboxylic acids is 3.